The van der Waals surface area contributed by atoms with E-state index in [2.05, 4.69) is 13.8 Å². The van der Waals surface area contributed by atoms with Gasteiger partial charge in [-0.05, 0) is 62.1 Å². The van der Waals surface area contributed by atoms with Crippen LogP contribution in [0.1, 0.15) is 77.2 Å². The minimum atomic E-state index is -0.610. The number of allylic oxidation sites excluding steroid dienone is 2. The lowest BCUT2D eigenvalue weighted by atomic mass is 9.67. The van der Waals surface area contributed by atoms with Crippen LogP contribution in [0.3, 0.4) is 0 Å². The molecule has 2 atom stereocenters. The highest BCUT2D eigenvalue weighted by molar-refractivity contribution is 6.09. The molecule has 0 aromatic heterocycles. The zero-order valence-corrected chi connectivity index (χ0v) is 19.1. The number of hydrogen-bond donors (Lipinski definition) is 0. The van der Waals surface area contributed by atoms with Crippen molar-refractivity contribution in [2.45, 2.75) is 77.7 Å². The molecule has 2 aliphatic carbocycles. The third kappa shape index (κ3) is 3.84. The Morgan fingerprint density at radius 1 is 1.09 bits per heavy atom. The lowest BCUT2D eigenvalue weighted by Crippen LogP contribution is -2.40. The molecule has 170 valence electrons. The zero-order valence-electron chi connectivity index (χ0n) is 19.1. The van der Waals surface area contributed by atoms with Gasteiger partial charge in [-0.2, -0.15) is 0 Å². The maximum Gasteiger partial charge on any atom is 0.315 e. The van der Waals surface area contributed by atoms with Crippen LogP contribution in [0.25, 0.3) is 0 Å². The van der Waals surface area contributed by atoms with E-state index in [1.165, 1.54) is 6.42 Å². The van der Waals surface area contributed by atoms with E-state index >= 15 is 0 Å². The van der Waals surface area contributed by atoms with E-state index in [1.54, 1.807) is 0 Å². The summed E-state index contributed by atoms with van der Waals surface area (Å²) in [4.78, 5) is 31.7. The summed E-state index contributed by atoms with van der Waals surface area (Å²) in [6, 6.07) is 5.71. The summed E-state index contributed by atoms with van der Waals surface area (Å²) in [5.74, 6) is 0.0999. The second kappa shape index (κ2) is 8.05. The Morgan fingerprint density at radius 3 is 2.62 bits per heavy atom. The average molecular weight is 438 g/mol. The van der Waals surface area contributed by atoms with Gasteiger partial charge in [0.1, 0.15) is 12.0 Å². The quantitative estimate of drug-likeness (QED) is 0.615. The molecule has 32 heavy (non-hydrogen) atoms. The fraction of sp³-hybridized carbons (Fsp3) is 0.577. The van der Waals surface area contributed by atoms with Crippen LogP contribution in [-0.2, 0) is 14.3 Å². The van der Waals surface area contributed by atoms with Crippen LogP contribution in [-0.4, -0.2) is 30.4 Å². The number of benzene rings is 1. The molecule has 0 N–H and O–H groups in total. The van der Waals surface area contributed by atoms with Crippen molar-refractivity contribution in [1.29, 1.82) is 0 Å². The molecule has 6 heteroatoms. The molecule has 2 heterocycles. The van der Waals surface area contributed by atoms with Crippen molar-refractivity contribution < 1.29 is 23.8 Å². The Labute approximate surface area is 189 Å². The number of Topliss-reactive ketones (excluding diaryl/α,β-unsaturated/α-hetero) is 1. The van der Waals surface area contributed by atoms with Crippen molar-refractivity contribution in [3.63, 3.8) is 0 Å². The number of carbonyl (C=O) groups is 2. The summed E-state index contributed by atoms with van der Waals surface area (Å²) in [6.07, 6.45) is 6.31. The number of ether oxygens (including phenoxy) is 3. The van der Waals surface area contributed by atoms with Crippen molar-refractivity contribution in [3.8, 4) is 11.5 Å². The molecule has 1 aromatic carbocycles. The van der Waals surface area contributed by atoms with E-state index in [0.29, 0.717) is 23.5 Å². The number of aliphatic imine (C=N–C) groups is 1. The fourth-order valence-electron chi connectivity index (χ4n) is 5.64. The van der Waals surface area contributed by atoms with Gasteiger partial charge < -0.3 is 14.2 Å². The highest BCUT2D eigenvalue weighted by Crippen LogP contribution is 2.49. The Morgan fingerprint density at radius 2 is 1.84 bits per heavy atom. The largest absolute Gasteiger partial charge is 0.462 e. The second-order valence-electron chi connectivity index (χ2n) is 10.3. The molecule has 0 amide bonds. The molecule has 5 rings (SSSR count). The minimum absolute atomic E-state index is 0.0437. The monoisotopic (exact) mass is 437 g/mol. The first-order valence-corrected chi connectivity index (χ1v) is 11.7. The molecule has 1 unspecified atom stereocenters. The van der Waals surface area contributed by atoms with Crippen LogP contribution in [0.15, 0.2) is 34.5 Å². The minimum Gasteiger partial charge on any atom is -0.462 e. The van der Waals surface area contributed by atoms with Gasteiger partial charge in [0.25, 0.3) is 0 Å². The molecule has 0 bridgehead atoms. The number of hydrogen-bond acceptors (Lipinski definition) is 6. The summed E-state index contributed by atoms with van der Waals surface area (Å²) in [7, 11) is 0. The first-order chi connectivity index (χ1) is 15.3. The number of carbonyl (C=O) groups excluding carboxylic acids is 2. The van der Waals surface area contributed by atoms with Gasteiger partial charge in [-0.1, -0.05) is 26.3 Å². The lowest BCUT2D eigenvalue weighted by Gasteiger charge is -2.39. The highest BCUT2D eigenvalue weighted by atomic mass is 16.7. The number of fused-ring (bicyclic) bond motifs is 1. The molecule has 6 nitrogen and oxygen atoms in total. The van der Waals surface area contributed by atoms with Gasteiger partial charge >= 0.3 is 5.97 Å². The molecule has 1 fully saturated rings. The summed E-state index contributed by atoms with van der Waals surface area (Å²) in [6.45, 7) is 6.26. The predicted molar refractivity (Wildman–Crippen MR) is 120 cm³/mol. The predicted octanol–water partition coefficient (Wildman–Crippen LogP) is 5.11. The normalized spacial score (nSPS) is 27.1. The van der Waals surface area contributed by atoms with Crippen LogP contribution in [0.4, 0.5) is 0 Å². The van der Waals surface area contributed by atoms with Crippen LogP contribution in [0.2, 0.25) is 0 Å². The van der Waals surface area contributed by atoms with Crippen molar-refractivity contribution in [2.75, 3.05) is 6.79 Å². The van der Waals surface area contributed by atoms with Gasteiger partial charge in [0.05, 0.1) is 0 Å². The summed E-state index contributed by atoms with van der Waals surface area (Å²) < 4.78 is 17.1. The van der Waals surface area contributed by atoms with Crippen molar-refractivity contribution >= 4 is 17.5 Å². The highest BCUT2D eigenvalue weighted by Gasteiger charge is 2.46. The number of rotatable bonds is 3. The average Bonchev–Trinajstić information content (AvgIpc) is 3.20. The SMILES string of the molecule is CC1=NC2=C(C(=O)CC(C)(C)C2)[C@H](c2ccc3c(c2)OCO3)C1C(=O)OC1CCCCC1. The van der Waals surface area contributed by atoms with Gasteiger partial charge in [0.2, 0.25) is 6.79 Å². The van der Waals surface area contributed by atoms with Crippen LogP contribution in [0, 0.1) is 11.3 Å². The van der Waals surface area contributed by atoms with Gasteiger partial charge in [0.15, 0.2) is 17.3 Å². The molecule has 1 aromatic rings. The molecule has 1 saturated carbocycles. The van der Waals surface area contributed by atoms with E-state index in [1.807, 2.05) is 25.1 Å². The van der Waals surface area contributed by atoms with Crippen molar-refractivity contribution in [1.82, 2.24) is 0 Å². The van der Waals surface area contributed by atoms with Crippen molar-refractivity contribution in [2.24, 2.45) is 16.3 Å². The molecule has 4 aliphatic rings. The standard InChI is InChI=1S/C26H31NO5/c1-15-22(25(29)32-17-7-5-4-6-8-17)23(16-9-10-20-21(11-16)31-14-30-20)24-18(27-15)12-26(2,3)13-19(24)28/h9-11,17,22-23H,4-8,12-14H2,1-3H3/t22?,23-/m1/s1. The van der Waals surface area contributed by atoms with Crippen LogP contribution < -0.4 is 9.47 Å². The van der Waals surface area contributed by atoms with Gasteiger partial charge in [-0.15, -0.1) is 0 Å². The Hall–Kier alpha value is -2.63. The second-order valence-corrected chi connectivity index (χ2v) is 10.3. The van der Waals surface area contributed by atoms with E-state index in [4.69, 9.17) is 19.2 Å². The lowest BCUT2D eigenvalue weighted by molar-refractivity contribution is -0.153. The van der Waals surface area contributed by atoms with Gasteiger partial charge in [-0.3, -0.25) is 14.6 Å². The van der Waals surface area contributed by atoms with E-state index in [-0.39, 0.29) is 30.1 Å². The van der Waals surface area contributed by atoms with E-state index in [9.17, 15) is 9.59 Å². The Balaban J connectivity index is 1.56. The Kier molecular flexibility index (Phi) is 5.34. The zero-order chi connectivity index (χ0) is 22.5. The van der Waals surface area contributed by atoms with E-state index in [0.717, 1.165) is 49.1 Å². The molecule has 0 spiro atoms. The third-order valence-corrected chi connectivity index (χ3v) is 7.15. The number of ketones is 1. The maximum absolute atomic E-state index is 13.5. The smallest absolute Gasteiger partial charge is 0.315 e. The summed E-state index contributed by atoms with van der Waals surface area (Å²) >= 11 is 0. The Bertz CT molecular complexity index is 1020. The first kappa shape index (κ1) is 21.2. The fourth-order valence-corrected chi connectivity index (χ4v) is 5.64. The van der Waals surface area contributed by atoms with Gasteiger partial charge in [-0.25, -0.2) is 0 Å². The molecule has 2 aliphatic heterocycles. The topological polar surface area (TPSA) is 74.2 Å². The molecular weight excluding hydrogens is 406 g/mol. The van der Waals surface area contributed by atoms with E-state index < -0.39 is 11.8 Å². The maximum atomic E-state index is 13.5. The third-order valence-electron chi connectivity index (χ3n) is 7.15. The summed E-state index contributed by atoms with van der Waals surface area (Å²) in [5.41, 5.74) is 2.93. The molecule has 0 radical (unpaired) electrons. The van der Waals surface area contributed by atoms with Crippen molar-refractivity contribution in [3.05, 3.63) is 35.0 Å². The van der Waals surface area contributed by atoms with Gasteiger partial charge in [0, 0.05) is 29.3 Å². The molecule has 0 saturated heterocycles. The summed E-state index contributed by atoms with van der Waals surface area (Å²) in [5, 5.41) is 0. The number of esters is 1. The van der Waals surface area contributed by atoms with Crippen LogP contribution >= 0.6 is 0 Å². The first-order valence-electron chi connectivity index (χ1n) is 11.7. The number of nitrogens with zero attached hydrogens (tertiary/aromatic N) is 1. The van der Waals surface area contributed by atoms with Crippen LogP contribution in [0.5, 0.6) is 11.5 Å². The molecular formula is C26H31NO5.